The number of benzene rings is 2. The highest BCUT2D eigenvalue weighted by atomic mass is 35.5. The summed E-state index contributed by atoms with van der Waals surface area (Å²) >= 11 is 5.87. The summed E-state index contributed by atoms with van der Waals surface area (Å²) in [5.41, 5.74) is 1.70. The Balaban J connectivity index is 1.90. The number of guanidine groups is 1. The van der Waals surface area contributed by atoms with Crippen LogP contribution in [0.15, 0.2) is 53.5 Å². The first-order valence-electron chi connectivity index (χ1n) is 8.01. The van der Waals surface area contributed by atoms with Gasteiger partial charge in [-0.25, -0.2) is 9.79 Å². The van der Waals surface area contributed by atoms with Crippen LogP contribution in [-0.2, 0) is 9.53 Å². The number of nitrogens with zero attached hydrogens (tertiary/aromatic N) is 2. The van der Waals surface area contributed by atoms with E-state index in [0.717, 1.165) is 0 Å². The molecule has 0 saturated carbocycles. The number of nitriles is 1. The first-order valence-corrected chi connectivity index (χ1v) is 8.39. The number of esters is 1. The average molecular weight is 383 g/mol. The minimum Gasteiger partial charge on any atom is -0.465 e. The van der Waals surface area contributed by atoms with Gasteiger partial charge in [0.2, 0.25) is 11.9 Å². The van der Waals surface area contributed by atoms with E-state index in [2.05, 4.69) is 20.4 Å². The van der Waals surface area contributed by atoms with Crippen LogP contribution in [0.2, 0.25) is 5.02 Å². The molecule has 2 unspecified atom stereocenters. The standard InChI is InChI=1S/C19H15ClN4O3/c1-27-18(26)12-4-2-11(3-5-12)16-15(10-21)17(25)24-19(23-16)22-14-8-6-13(20)7-9-14/h2-9,15-16H,1H3,(H2,22,23,24,25). The maximum atomic E-state index is 12.3. The van der Waals surface area contributed by atoms with Crippen LogP contribution in [0.25, 0.3) is 0 Å². The summed E-state index contributed by atoms with van der Waals surface area (Å²) in [5.74, 6) is -1.67. The van der Waals surface area contributed by atoms with E-state index in [9.17, 15) is 14.9 Å². The minimum absolute atomic E-state index is 0.232. The van der Waals surface area contributed by atoms with Gasteiger partial charge in [-0.15, -0.1) is 0 Å². The SMILES string of the molecule is COC(=O)c1ccc(C2N=C(Nc3ccc(Cl)cc3)NC(=O)C2C#N)cc1. The fraction of sp³-hybridized carbons (Fsp3) is 0.158. The molecule has 27 heavy (non-hydrogen) atoms. The molecule has 0 bridgehead atoms. The highest BCUT2D eigenvalue weighted by Crippen LogP contribution is 2.29. The van der Waals surface area contributed by atoms with Crippen molar-refractivity contribution >= 4 is 35.1 Å². The molecule has 3 rings (SSSR count). The molecule has 2 aromatic carbocycles. The van der Waals surface area contributed by atoms with E-state index < -0.39 is 23.8 Å². The number of amides is 1. The van der Waals surface area contributed by atoms with Crippen LogP contribution in [0.1, 0.15) is 22.0 Å². The number of nitrogens with one attached hydrogen (secondary N) is 2. The van der Waals surface area contributed by atoms with E-state index in [1.807, 2.05) is 6.07 Å². The lowest BCUT2D eigenvalue weighted by molar-refractivity contribution is -0.122. The van der Waals surface area contributed by atoms with E-state index >= 15 is 0 Å². The van der Waals surface area contributed by atoms with Crippen LogP contribution in [0, 0.1) is 17.2 Å². The van der Waals surface area contributed by atoms with Gasteiger partial charge >= 0.3 is 5.97 Å². The molecule has 1 aliphatic rings. The quantitative estimate of drug-likeness (QED) is 0.794. The van der Waals surface area contributed by atoms with Crippen molar-refractivity contribution in [1.29, 1.82) is 5.26 Å². The predicted octanol–water partition coefficient (Wildman–Crippen LogP) is 2.91. The molecule has 2 atom stereocenters. The van der Waals surface area contributed by atoms with Crippen molar-refractivity contribution < 1.29 is 14.3 Å². The number of aliphatic imine (C=N–C) groups is 1. The third kappa shape index (κ3) is 4.07. The summed E-state index contributed by atoms with van der Waals surface area (Å²) < 4.78 is 4.67. The molecule has 0 fully saturated rings. The Morgan fingerprint density at radius 2 is 1.89 bits per heavy atom. The fourth-order valence-electron chi connectivity index (χ4n) is 2.65. The second-order valence-corrected chi connectivity index (χ2v) is 6.20. The Kier molecular flexibility index (Phi) is 5.38. The van der Waals surface area contributed by atoms with E-state index in [0.29, 0.717) is 21.8 Å². The maximum absolute atomic E-state index is 12.3. The number of carbonyl (C=O) groups is 2. The van der Waals surface area contributed by atoms with E-state index in [1.54, 1.807) is 48.5 Å². The van der Waals surface area contributed by atoms with Crippen molar-refractivity contribution in [3.63, 3.8) is 0 Å². The Hall–Kier alpha value is -3.37. The summed E-state index contributed by atoms with van der Waals surface area (Å²) in [5, 5.41) is 15.6. The van der Waals surface area contributed by atoms with Gasteiger partial charge in [-0.05, 0) is 42.0 Å². The molecule has 0 radical (unpaired) electrons. The number of methoxy groups -OCH3 is 1. The Morgan fingerprint density at radius 1 is 1.22 bits per heavy atom. The molecule has 0 spiro atoms. The highest BCUT2D eigenvalue weighted by molar-refractivity contribution is 6.30. The molecule has 1 amide bonds. The van der Waals surface area contributed by atoms with Gasteiger partial charge in [0.05, 0.1) is 18.7 Å². The van der Waals surface area contributed by atoms with Crippen molar-refractivity contribution in [2.75, 3.05) is 12.4 Å². The highest BCUT2D eigenvalue weighted by Gasteiger charge is 2.34. The maximum Gasteiger partial charge on any atom is 0.337 e. The predicted molar refractivity (Wildman–Crippen MR) is 100 cm³/mol. The lowest BCUT2D eigenvalue weighted by Crippen LogP contribution is -2.45. The molecule has 7 nitrogen and oxygen atoms in total. The van der Waals surface area contributed by atoms with Crippen molar-refractivity contribution in [2.24, 2.45) is 10.9 Å². The van der Waals surface area contributed by atoms with Crippen LogP contribution in [-0.4, -0.2) is 24.9 Å². The zero-order valence-corrected chi connectivity index (χ0v) is 15.0. The van der Waals surface area contributed by atoms with Gasteiger partial charge in [0.25, 0.3) is 0 Å². The molecule has 1 heterocycles. The van der Waals surface area contributed by atoms with E-state index in [-0.39, 0.29) is 5.96 Å². The number of ether oxygens (including phenoxy) is 1. The molecular weight excluding hydrogens is 368 g/mol. The lowest BCUT2D eigenvalue weighted by atomic mass is 9.92. The number of anilines is 1. The van der Waals surface area contributed by atoms with Gasteiger partial charge in [0.15, 0.2) is 5.92 Å². The molecule has 0 saturated heterocycles. The molecule has 136 valence electrons. The first kappa shape index (κ1) is 18.4. The largest absolute Gasteiger partial charge is 0.465 e. The van der Waals surface area contributed by atoms with Gasteiger partial charge in [-0.2, -0.15) is 5.26 Å². The van der Waals surface area contributed by atoms with Gasteiger partial charge in [0.1, 0.15) is 6.04 Å². The normalized spacial score (nSPS) is 18.7. The van der Waals surface area contributed by atoms with E-state index in [1.165, 1.54) is 7.11 Å². The topological polar surface area (TPSA) is 104 Å². The van der Waals surface area contributed by atoms with Crippen molar-refractivity contribution in [3.05, 3.63) is 64.7 Å². The molecule has 8 heteroatoms. The number of rotatable bonds is 3. The Bertz CT molecular complexity index is 933. The van der Waals surface area contributed by atoms with Gasteiger partial charge < -0.3 is 10.1 Å². The zero-order valence-electron chi connectivity index (χ0n) is 14.3. The van der Waals surface area contributed by atoms with Crippen molar-refractivity contribution in [2.45, 2.75) is 6.04 Å². The molecule has 2 N–H and O–H groups in total. The average Bonchev–Trinajstić information content (AvgIpc) is 2.69. The monoisotopic (exact) mass is 382 g/mol. The number of carbonyl (C=O) groups excluding carboxylic acids is 2. The van der Waals surface area contributed by atoms with Crippen LogP contribution in [0.3, 0.4) is 0 Å². The zero-order chi connectivity index (χ0) is 19.4. The molecule has 0 aromatic heterocycles. The molecule has 2 aromatic rings. The second kappa shape index (κ2) is 7.89. The summed E-state index contributed by atoms with van der Waals surface area (Å²) in [6.07, 6.45) is 0. The van der Waals surface area contributed by atoms with Crippen molar-refractivity contribution in [3.8, 4) is 6.07 Å². The first-order chi connectivity index (χ1) is 13.0. The van der Waals surface area contributed by atoms with Crippen LogP contribution >= 0.6 is 11.6 Å². The van der Waals surface area contributed by atoms with Crippen LogP contribution < -0.4 is 10.6 Å². The number of hydrogen-bond acceptors (Lipinski definition) is 6. The Labute approximate surface area is 160 Å². The summed E-state index contributed by atoms with van der Waals surface area (Å²) in [7, 11) is 1.30. The molecular formula is C19H15ClN4O3. The van der Waals surface area contributed by atoms with Gasteiger partial charge in [-0.1, -0.05) is 23.7 Å². The van der Waals surface area contributed by atoms with Crippen molar-refractivity contribution in [1.82, 2.24) is 5.32 Å². The second-order valence-electron chi connectivity index (χ2n) is 5.76. The minimum atomic E-state index is -0.982. The number of hydrogen-bond donors (Lipinski definition) is 2. The fourth-order valence-corrected chi connectivity index (χ4v) is 2.77. The molecule has 1 aliphatic heterocycles. The third-order valence-electron chi connectivity index (χ3n) is 4.03. The number of halogens is 1. The summed E-state index contributed by atoms with van der Waals surface area (Å²) in [4.78, 5) is 28.4. The van der Waals surface area contributed by atoms with E-state index in [4.69, 9.17) is 11.6 Å². The summed E-state index contributed by atoms with van der Waals surface area (Å²) in [6, 6.07) is 14.6. The van der Waals surface area contributed by atoms with Crippen LogP contribution in [0.5, 0.6) is 0 Å². The van der Waals surface area contributed by atoms with Gasteiger partial charge in [-0.3, -0.25) is 10.1 Å². The molecule has 0 aliphatic carbocycles. The van der Waals surface area contributed by atoms with Crippen LogP contribution in [0.4, 0.5) is 5.69 Å². The van der Waals surface area contributed by atoms with Gasteiger partial charge in [0, 0.05) is 10.7 Å². The Morgan fingerprint density at radius 3 is 2.48 bits per heavy atom. The summed E-state index contributed by atoms with van der Waals surface area (Å²) in [6.45, 7) is 0. The third-order valence-corrected chi connectivity index (χ3v) is 4.28. The lowest BCUT2D eigenvalue weighted by Gasteiger charge is -2.25. The smallest absolute Gasteiger partial charge is 0.337 e.